The largest absolute Gasteiger partial charge is 0.350 e. The molecule has 5 heteroatoms. The minimum Gasteiger partial charge on any atom is -0.350 e. The maximum Gasteiger partial charge on any atom is 0.242 e. The molecule has 1 atom stereocenters. The summed E-state index contributed by atoms with van der Waals surface area (Å²) in [7, 11) is 0. The third-order valence-corrected chi connectivity index (χ3v) is 5.04. The van der Waals surface area contributed by atoms with Gasteiger partial charge in [0.05, 0.1) is 0 Å². The predicted octanol–water partition coefficient (Wildman–Crippen LogP) is 4.91. The van der Waals surface area contributed by atoms with Gasteiger partial charge in [-0.3, -0.25) is 9.59 Å². The van der Waals surface area contributed by atoms with Crippen LogP contribution in [0.1, 0.15) is 50.8 Å². The second kappa shape index (κ2) is 9.93. The first kappa shape index (κ1) is 23.0. The lowest BCUT2D eigenvalue weighted by molar-refractivity contribution is -0.141. The van der Waals surface area contributed by atoms with Crippen molar-refractivity contribution in [2.45, 2.75) is 65.6 Å². The van der Waals surface area contributed by atoms with Crippen molar-refractivity contribution in [1.29, 1.82) is 0 Å². The molecule has 2 aromatic carbocycles. The number of halogens is 1. The lowest BCUT2D eigenvalue weighted by Gasteiger charge is -2.31. The van der Waals surface area contributed by atoms with Crippen LogP contribution < -0.4 is 5.32 Å². The number of amides is 2. The maximum atomic E-state index is 13.1. The molecule has 0 aliphatic carbocycles. The van der Waals surface area contributed by atoms with Gasteiger partial charge in [0.25, 0.3) is 0 Å². The number of rotatable bonds is 7. The van der Waals surface area contributed by atoms with Crippen LogP contribution in [0.2, 0.25) is 5.02 Å². The highest BCUT2D eigenvalue weighted by molar-refractivity contribution is 6.31. The van der Waals surface area contributed by atoms with E-state index in [4.69, 9.17) is 11.6 Å². The topological polar surface area (TPSA) is 49.4 Å². The molecule has 1 N–H and O–H groups in total. The minimum atomic E-state index is -0.575. The van der Waals surface area contributed by atoms with Crippen LogP contribution in [-0.2, 0) is 22.6 Å². The molecule has 2 amide bonds. The smallest absolute Gasteiger partial charge is 0.242 e. The summed E-state index contributed by atoms with van der Waals surface area (Å²) in [5.74, 6) is -0.223. The van der Waals surface area contributed by atoms with Crippen LogP contribution in [-0.4, -0.2) is 28.3 Å². The van der Waals surface area contributed by atoms with Crippen LogP contribution >= 0.6 is 11.6 Å². The Labute approximate surface area is 179 Å². The quantitative estimate of drug-likeness (QED) is 0.699. The molecule has 0 aliphatic rings. The third-order valence-electron chi connectivity index (χ3n) is 4.67. The van der Waals surface area contributed by atoms with Gasteiger partial charge in [0, 0.05) is 23.5 Å². The highest BCUT2D eigenvalue weighted by atomic mass is 35.5. The monoisotopic (exact) mass is 414 g/mol. The molecule has 1 unspecified atom stereocenters. The van der Waals surface area contributed by atoms with Gasteiger partial charge in [0.15, 0.2) is 0 Å². The van der Waals surface area contributed by atoms with E-state index < -0.39 is 6.04 Å². The number of hydrogen-bond donors (Lipinski definition) is 1. The molecule has 29 heavy (non-hydrogen) atoms. The zero-order valence-corrected chi connectivity index (χ0v) is 18.7. The van der Waals surface area contributed by atoms with E-state index in [0.29, 0.717) is 24.4 Å². The van der Waals surface area contributed by atoms with E-state index in [-0.39, 0.29) is 17.4 Å². The molecule has 156 valence electrons. The van der Waals surface area contributed by atoms with Crippen molar-refractivity contribution in [3.8, 4) is 0 Å². The highest BCUT2D eigenvalue weighted by Gasteiger charge is 2.28. The average molecular weight is 415 g/mol. The molecular formula is C24H31ClN2O2. The Morgan fingerprint density at radius 1 is 1.10 bits per heavy atom. The SMILES string of the molecule is Cc1cccc(CN(C(=O)CCc2ccccc2Cl)C(C)C(=O)NC(C)(C)C)c1. The van der Waals surface area contributed by atoms with Gasteiger partial charge in [0.1, 0.15) is 6.04 Å². The van der Waals surface area contributed by atoms with Crippen molar-refractivity contribution < 1.29 is 9.59 Å². The van der Waals surface area contributed by atoms with Gasteiger partial charge in [-0.15, -0.1) is 0 Å². The van der Waals surface area contributed by atoms with E-state index in [2.05, 4.69) is 5.32 Å². The molecule has 0 spiro atoms. The van der Waals surface area contributed by atoms with Crippen LogP contribution in [0.25, 0.3) is 0 Å². The number of nitrogens with zero attached hydrogens (tertiary/aromatic N) is 1. The summed E-state index contributed by atoms with van der Waals surface area (Å²) < 4.78 is 0. The lowest BCUT2D eigenvalue weighted by atomic mass is 10.1. The summed E-state index contributed by atoms with van der Waals surface area (Å²) in [6.07, 6.45) is 0.832. The van der Waals surface area contributed by atoms with Crippen LogP contribution in [0.5, 0.6) is 0 Å². The van der Waals surface area contributed by atoms with Crippen molar-refractivity contribution >= 4 is 23.4 Å². The Morgan fingerprint density at radius 2 is 1.79 bits per heavy atom. The van der Waals surface area contributed by atoms with Crippen LogP contribution in [0.3, 0.4) is 0 Å². The Hall–Kier alpha value is -2.33. The molecule has 0 heterocycles. The summed E-state index contributed by atoms with van der Waals surface area (Å²) in [4.78, 5) is 27.6. The van der Waals surface area contributed by atoms with Gasteiger partial charge < -0.3 is 10.2 Å². The minimum absolute atomic E-state index is 0.0667. The fraction of sp³-hybridized carbons (Fsp3) is 0.417. The molecule has 0 saturated heterocycles. The Morgan fingerprint density at radius 3 is 2.41 bits per heavy atom. The number of carbonyl (C=O) groups is 2. The first-order chi connectivity index (χ1) is 13.6. The normalized spacial score (nSPS) is 12.3. The van der Waals surface area contributed by atoms with Gasteiger partial charge in [0.2, 0.25) is 11.8 Å². The molecule has 0 aromatic heterocycles. The molecule has 0 saturated carbocycles. The second-order valence-electron chi connectivity index (χ2n) is 8.52. The molecule has 4 nitrogen and oxygen atoms in total. The standard InChI is InChI=1S/C24H31ClN2O2/c1-17-9-8-10-19(15-17)16-27(18(2)23(29)26-24(3,4)5)22(28)14-13-20-11-6-7-12-21(20)25/h6-12,15,18H,13-14,16H2,1-5H3,(H,26,29). The van der Waals surface area contributed by atoms with Crippen molar-refractivity contribution in [3.05, 3.63) is 70.2 Å². The van der Waals surface area contributed by atoms with Crippen LogP contribution in [0, 0.1) is 6.92 Å². The zero-order chi connectivity index (χ0) is 21.6. The predicted molar refractivity (Wildman–Crippen MR) is 119 cm³/mol. The first-order valence-corrected chi connectivity index (χ1v) is 10.3. The summed E-state index contributed by atoms with van der Waals surface area (Å²) in [6, 6.07) is 15.0. The summed E-state index contributed by atoms with van der Waals surface area (Å²) >= 11 is 6.23. The molecule has 0 bridgehead atoms. The fourth-order valence-corrected chi connectivity index (χ4v) is 3.38. The van der Waals surface area contributed by atoms with E-state index in [9.17, 15) is 9.59 Å². The van der Waals surface area contributed by atoms with Crippen molar-refractivity contribution in [2.75, 3.05) is 0 Å². The Kier molecular flexibility index (Phi) is 7.86. The van der Waals surface area contributed by atoms with Gasteiger partial charge in [-0.25, -0.2) is 0 Å². The molecule has 0 fully saturated rings. The van der Waals surface area contributed by atoms with E-state index in [1.54, 1.807) is 11.8 Å². The number of aryl methyl sites for hydroxylation is 2. The van der Waals surface area contributed by atoms with Gasteiger partial charge >= 0.3 is 0 Å². The number of carbonyl (C=O) groups excluding carboxylic acids is 2. The molecule has 0 aliphatic heterocycles. The van der Waals surface area contributed by atoms with Gasteiger partial charge in [-0.2, -0.15) is 0 Å². The third kappa shape index (κ3) is 7.21. The van der Waals surface area contributed by atoms with Crippen LogP contribution in [0.15, 0.2) is 48.5 Å². The summed E-state index contributed by atoms with van der Waals surface area (Å²) in [5.41, 5.74) is 2.70. The molecule has 2 aromatic rings. The van der Waals surface area contributed by atoms with E-state index in [1.165, 1.54) is 0 Å². The first-order valence-electron chi connectivity index (χ1n) is 9.97. The van der Waals surface area contributed by atoms with E-state index in [1.807, 2.05) is 76.2 Å². The second-order valence-corrected chi connectivity index (χ2v) is 8.92. The number of hydrogen-bond acceptors (Lipinski definition) is 2. The van der Waals surface area contributed by atoms with Crippen molar-refractivity contribution in [2.24, 2.45) is 0 Å². The fourth-order valence-electron chi connectivity index (χ4n) is 3.15. The lowest BCUT2D eigenvalue weighted by Crippen LogP contribution is -2.52. The molecule has 0 radical (unpaired) electrons. The highest BCUT2D eigenvalue weighted by Crippen LogP contribution is 2.19. The Bertz CT molecular complexity index is 858. The van der Waals surface area contributed by atoms with Crippen molar-refractivity contribution in [1.82, 2.24) is 10.2 Å². The van der Waals surface area contributed by atoms with Gasteiger partial charge in [-0.05, 0) is 58.2 Å². The molecular weight excluding hydrogens is 384 g/mol. The Balaban J connectivity index is 2.19. The van der Waals surface area contributed by atoms with E-state index >= 15 is 0 Å². The average Bonchev–Trinajstić information content (AvgIpc) is 2.63. The van der Waals surface area contributed by atoms with E-state index in [0.717, 1.165) is 16.7 Å². The van der Waals surface area contributed by atoms with Crippen molar-refractivity contribution in [3.63, 3.8) is 0 Å². The van der Waals surface area contributed by atoms with Crippen LogP contribution in [0.4, 0.5) is 0 Å². The number of nitrogens with one attached hydrogen (secondary N) is 1. The van der Waals surface area contributed by atoms with Gasteiger partial charge in [-0.1, -0.05) is 59.6 Å². The molecule has 2 rings (SSSR count). The summed E-state index contributed by atoms with van der Waals surface area (Å²) in [5, 5.41) is 3.64. The zero-order valence-electron chi connectivity index (χ0n) is 18.0. The maximum absolute atomic E-state index is 13.1. The summed E-state index contributed by atoms with van der Waals surface area (Å²) in [6.45, 7) is 9.99. The number of benzene rings is 2.